The lowest BCUT2D eigenvalue weighted by Crippen LogP contribution is -2.06. The van der Waals surface area contributed by atoms with Gasteiger partial charge in [0, 0.05) is 6.54 Å². The Kier molecular flexibility index (Phi) is 3.68. The SMILES string of the molecule is Cc1cccc2c1nc(C(C)Cl)n2Cc1cccc(F)c1. The largest absolute Gasteiger partial charge is 0.322 e. The van der Waals surface area contributed by atoms with Crippen molar-refractivity contribution in [1.82, 2.24) is 9.55 Å². The van der Waals surface area contributed by atoms with Crippen LogP contribution in [0.1, 0.15) is 29.3 Å². The standard InChI is InChI=1S/C17H16ClFN2/c1-11-5-3-8-15-16(11)20-17(12(2)18)21(15)10-13-6-4-7-14(19)9-13/h3-9,12H,10H2,1-2H3. The predicted octanol–water partition coefficient (Wildman–Crippen LogP) is 4.83. The van der Waals surface area contributed by atoms with Crippen molar-refractivity contribution < 1.29 is 4.39 Å². The van der Waals surface area contributed by atoms with Crippen LogP contribution in [0.2, 0.25) is 0 Å². The smallest absolute Gasteiger partial charge is 0.128 e. The second-order valence-electron chi connectivity index (χ2n) is 5.24. The highest BCUT2D eigenvalue weighted by Gasteiger charge is 2.16. The summed E-state index contributed by atoms with van der Waals surface area (Å²) in [6.07, 6.45) is 0. The molecule has 1 aromatic heterocycles. The molecule has 0 bridgehead atoms. The Labute approximate surface area is 128 Å². The van der Waals surface area contributed by atoms with Crippen LogP contribution in [0.3, 0.4) is 0 Å². The second-order valence-corrected chi connectivity index (χ2v) is 5.90. The van der Waals surface area contributed by atoms with Crippen LogP contribution >= 0.6 is 11.6 Å². The summed E-state index contributed by atoms with van der Waals surface area (Å²) in [5.41, 5.74) is 4.00. The van der Waals surface area contributed by atoms with E-state index in [1.54, 1.807) is 12.1 Å². The third-order valence-electron chi connectivity index (χ3n) is 3.60. The highest BCUT2D eigenvalue weighted by molar-refractivity contribution is 6.20. The third-order valence-corrected chi connectivity index (χ3v) is 3.79. The molecule has 4 heteroatoms. The van der Waals surface area contributed by atoms with Gasteiger partial charge >= 0.3 is 0 Å². The molecular formula is C17H16ClFN2. The van der Waals surface area contributed by atoms with Gasteiger partial charge in [-0.1, -0.05) is 24.3 Å². The number of halogens is 2. The number of imidazole rings is 1. The highest BCUT2D eigenvalue weighted by Crippen LogP contribution is 2.27. The summed E-state index contributed by atoms with van der Waals surface area (Å²) in [4.78, 5) is 4.67. The van der Waals surface area contributed by atoms with Crippen LogP contribution in [-0.4, -0.2) is 9.55 Å². The van der Waals surface area contributed by atoms with E-state index in [0.29, 0.717) is 6.54 Å². The Morgan fingerprint density at radius 3 is 2.71 bits per heavy atom. The molecule has 0 aliphatic carbocycles. The molecule has 2 nitrogen and oxygen atoms in total. The molecular weight excluding hydrogens is 287 g/mol. The molecule has 1 atom stereocenters. The van der Waals surface area contributed by atoms with E-state index in [4.69, 9.17) is 11.6 Å². The predicted molar refractivity (Wildman–Crippen MR) is 84.2 cm³/mol. The number of hydrogen-bond donors (Lipinski definition) is 0. The van der Waals surface area contributed by atoms with Crippen molar-refractivity contribution in [2.75, 3.05) is 0 Å². The van der Waals surface area contributed by atoms with Gasteiger partial charge in [0.2, 0.25) is 0 Å². The maximum atomic E-state index is 13.4. The number of aromatic nitrogens is 2. The fourth-order valence-corrected chi connectivity index (χ4v) is 2.76. The summed E-state index contributed by atoms with van der Waals surface area (Å²) < 4.78 is 15.4. The fraction of sp³-hybridized carbons (Fsp3) is 0.235. The van der Waals surface area contributed by atoms with Gasteiger partial charge in [-0.3, -0.25) is 0 Å². The molecule has 3 rings (SSSR count). The van der Waals surface area contributed by atoms with Crippen LogP contribution < -0.4 is 0 Å². The molecule has 0 amide bonds. The topological polar surface area (TPSA) is 17.8 Å². The molecule has 0 aliphatic rings. The zero-order chi connectivity index (χ0) is 15.0. The maximum Gasteiger partial charge on any atom is 0.128 e. The molecule has 0 saturated carbocycles. The van der Waals surface area contributed by atoms with E-state index >= 15 is 0 Å². The Bertz CT molecular complexity index is 793. The fourth-order valence-electron chi connectivity index (χ4n) is 2.59. The Morgan fingerprint density at radius 2 is 2.00 bits per heavy atom. The van der Waals surface area contributed by atoms with Crippen LogP contribution in [0, 0.1) is 12.7 Å². The average Bonchev–Trinajstić information content (AvgIpc) is 2.80. The summed E-state index contributed by atoms with van der Waals surface area (Å²) in [6.45, 7) is 4.49. The van der Waals surface area contributed by atoms with Gasteiger partial charge in [0.25, 0.3) is 0 Å². The minimum absolute atomic E-state index is 0.203. The highest BCUT2D eigenvalue weighted by atomic mass is 35.5. The monoisotopic (exact) mass is 302 g/mol. The van der Waals surface area contributed by atoms with Crippen molar-refractivity contribution in [3.05, 3.63) is 65.2 Å². The lowest BCUT2D eigenvalue weighted by atomic mass is 10.2. The summed E-state index contributed by atoms with van der Waals surface area (Å²) in [7, 11) is 0. The molecule has 0 fully saturated rings. The van der Waals surface area contributed by atoms with Crippen molar-refractivity contribution in [3.63, 3.8) is 0 Å². The number of aryl methyl sites for hydroxylation is 1. The molecule has 3 aromatic rings. The summed E-state index contributed by atoms with van der Waals surface area (Å²) in [6, 6.07) is 12.7. The van der Waals surface area contributed by atoms with E-state index in [0.717, 1.165) is 28.0 Å². The van der Waals surface area contributed by atoms with Gasteiger partial charge in [-0.2, -0.15) is 0 Å². The van der Waals surface area contributed by atoms with E-state index in [1.807, 2.05) is 38.1 Å². The van der Waals surface area contributed by atoms with Gasteiger partial charge in [0.05, 0.1) is 16.4 Å². The number of benzene rings is 2. The van der Waals surface area contributed by atoms with Gasteiger partial charge in [-0.05, 0) is 43.2 Å². The normalized spacial score (nSPS) is 12.8. The van der Waals surface area contributed by atoms with Crippen LogP contribution in [0.5, 0.6) is 0 Å². The van der Waals surface area contributed by atoms with Gasteiger partial charge in [0.15, 0.2) is 0 Å². The van der Waals surface area contributed by atoms with E-state index in [9.17, 15) is 4.39 Å². The first-order valence-electron chi connectivity index (χ1n) is 6.90. The second kappa shape index (κ2) is 5.49. The van der Waals surface area contributed by atoms with E-state index < -0.39 is 0 Å². The third kappa shape index (κ3) is 2.66. The first-order valence-corrected chi connectivity index (χ1v) is 7.34. The van der Waals surface area contributed by atoms with Crippen LogP contribution in [0.15, 0.2) is 42.5 Å². The summed E-state index contributed by atoms with van der Waals surface area (Å²) in [5.74, 6) is 0.582. The van der Waals surface area contributed by atoms with Gasteiger partial charge in [0.1, 0.15) is 11.6 Å². The van der Waals surface area contributed by atoms with Gasteiger partial charge in [-0.15, -0.1) is 11.6 Å². The lowest BCUT2D eigenvalue weighted by Gasteiger charge is -2.11. The molecule has 2 aromatic carbocycles. The van der Waals surface area contributed by atoms with Gasteiger partial charge in [-0.25, -0.2) is 9.37 Å². The number of para-hydroxylation sites is 1. The number of rotatable bonds is 3. The summed E-state index contributed by atoms with van der Waals surface area (Å²) >= 11 is 6.27. The number of nitrogens with zero attached hydrogens (tertiary/aromatic N) is 2. The number of alkyl halides is 1. The van der Waals surface area contributed by atoms with Crippen LogP contribution in [-0.2, 0) is 6.54 Å². The van der Waals surface area contributed by atoms with Crippen LogP contribution in [0.4, 0.5) is 4.39 Å². The van der Waals surface area contributed by atoms with Gasteiger partial charge < -0.3 is 4.57 Å². The molecule has 0 saturated heterocycles. The van der Waals surface area contributed by atoms with Crippen molar-refractivity contribution in [1.29, 1.82) is 0 Å². The lowest BCUT2D eigenvalue weighted by molar-refractivity contribution is 0.623. The van der Waals surface area contributed by atoms with Crippen LogP contribution in [0.25, 0.3) is 11.0 Å². The molecule has 1 unspecified atom stereocenters. The number of fused-ring (bicyclic) bond motifs is 1. The van der Waals surface area contributed by atoms with E-state index in [-0.39, 0.29) is 11.2 Å². The Balaban J connectivity index is 2.16. The Hall–Kier alpha value is -1.87. The van der Waals surface area contributed by atoms with Crippen molar-refractivity contribution >= 4 is 22.6 Å². The first-order chi connectivity index (χ1) is 10.1. The molecule has 0 N–H and O–H groups in total. The molecule has 0 spiro atoms. The maximum absolute atomic E-state index is 13.4. The first kappa shape index (κ1) is 14.1. The molecule has 108 valence electrons. The zero-order valence-electron chi connectivity index (χ0n) is 12.0. The number of hydrogen-bond acceptors (Lipinski definition) is 1. The zero-order valence-corrected chi connectivity index (χ0v) is 12.7. The van der Waals surface area contributed by atoms with Crippen molar-refractivity contribution in [2.45, 2.75) is 25.8 Å². The molecule has 0 radical (unpaired) electrons. The minimum atomic E-state index is -0.228. The molecule has 1 heterocycles. The van der Waals surface area contributed by atoms with E-state index in [1.165, 1.54) is 6.07 Å². The van der Waals surface area contributed by atoms with Crippen molar-refractivity contribution in [3.8, 4) is 0 Å². The molecule has 0 aliphatic heterocycles. The Morgan fingerprint density at radius 1 is 1.24 bits per heavy atom. The molecule has 21 heavy (non-hydrogen) atoms. The average molecular weight is 303 g/mol. The quantitative estimate of drug-likeness (QED) is 0.634. The minimum Gasteiger partial charge on any atom is -0.322 e. The summed E-state index contributed by atoms with van der Waals surface area (Å²) in [5, 5.41) is -0.203. The van der Waals surface area contributed by atoms with Crippen molar-refractivity contribution in [2.24, 2.45) is 0 Å². The van der Waals surface area contributed by atoms with E-state index in [2.05, 4.69) is 9.55 Å².